The van der Waals surface area contributed by atoms with E-state index in [9.17, 15) is 14.4 Å². The molecule has 0 unspecified atom stereocenters. The summed E-state index contributed by atoms with van der Waals surface area (Å²) >= 11 is 0. The van der Waals surface area contributed by atoms with E-state index in [1.807, 2.05) is 0 Å². The first-order valence-electron chi connectivity index (χ1n) is 25.2. The number of rotatable bonds is 44. The van der Waals surface area contributed by atoms with E-state index in [-0.39, 0.29) is 37.5 Å². The van der Waals surface area contributed by atoms with Gasteiger partial charge in [0.2, 0.25) is 0 Å². The van der Waals surface area contributed by atoms with E-state index < -0.39 is 6.10 Å². The summed E-state index contributed by atoms with van der Waals surface area (Å²) in [6, 6.07) is 0. The summed E-state index contributed by atoms with van der Waals surface area (Å²) in [5, 5.41) is 0. The molecule has 0 saturated carbocycles. The lowest BCUT2D eigenvalue weighted by Crippen LogP contribution is -2.30. The highest BCUT2D eigenvalue weighted by molar-refractivity contribution is 5.71. The summed E-state index contributed by atoms with van der Waals surface area (Å²) in [6.07, 6.45) is 65.3. The van der Waals surface area contributed by atoms with Gasteiger partial charge in [-0.2, -0.15) is 0 Å². The molecule has 0 aliphatic rings. The van der Waals surface area contributed by atoms with Crippen molar-refractivity contribution in [3.8, 4) is 0 Å². The average molecular weight is 861 g/mol. The Balaban J connectivity index is 4.52. The van der Waals surface area contributed by atoms with E-state index in [0.717, 1.165) is 116 Å². The summed E-state index contributed by atoms with van der Waals surface area (Å²) in [6.45, 7) is 6.38. The van der Waals surface area contributed by atoms with Gasteiger partial charge in [0.05, 0.1) is 0 Å². The number of allylic oxidation sites excluding steroid dienone is 16. The second-order valence-electron chi connectivity index (χ2n) is 16.3. The van der Waals surface area contributed by atoms with Crippen LogP contribution in [0.15, 0.2) is 97.2 Å². The van der Waals surface area contributed by atoms with Crippen molar-refractivity contribution in [2.24, 2.45) is 0 Å². The van der Waals surface area contributed by atoms with E-state index in [1.54, 1.807) is 0 Å². The van der Waals surface area contributed by atoms with Crippen LogP contribution < -0.4 is 0 Å². The van der Waals surface area contributed by atoms with E-state index in [1.165, 1.54) is 57.8 Å². The molecule has 0 heterocycles. The van der Waals surface area contributed by atoms with Gasteiger partial charge in [-0.25, -0.2) is 0 Å². The molecule has 0 amide bonds. The fraction of sp³-hybridized carbons (Fsp3) is 0.661. The molecule has 0 aliphatic carbocycles. The molecule has 0 aromatic rings. The Kier molecular flexibility index (Phi) is 47.0. The van der Waals surface area contributed by atoms with Crippen molar-refractivity contribution >= 4 is 17.9 Å². The predicted molar refractivity (Wildman–Crippen MR) is 265 cm³/mol. The number of carbonyl (C=O) groups is 3. The first-order chi connectivity index (χ1) is 30.5. The third-order valence-corrected chi connectivity index (χ3v) is 10.3. The normalized spacial score (nSPS) is 12.9. The van der Waals surface area contributed by atoms with Gasteiger partial charge in [-0.3, -0.25) is 14.4 Å². The lowest BCUT2D eigenvalue weighted by Gasteiger charge is -2.18. The zero-order valence-corrected chi connectivity index (χ0v) is 40.1. The van der Waals surface area contributed by atoms with Crippen LogP contribution in [-0.2, 0) is 28.6 Å². The molecular weight excluding hydrogens is 769 g/mol. The summed E-state index contributed by atoms with van der Waals surface area (Å²) in [7, 11) is 0. The standard InChI is InChI=1S/C56H92O6/c1-4-7-10-13-16-19-22-25-27-28-29-32-34-37-40-43-46-49-55(58)61-52-53(51-60-54(57)48-45-42-39-36-33-30-24-21-18-15-12-9-6-3)62-56(59)50-47-44-41-38-35-31-26-23-20-17-14-11-8-5-2/h7,10,14,16-17,19,21,23-27,29,32,37,40,53H,4-6,8-9,11-13,15,18,20,22,28,30-31,33-36,38-39,41-52H2,1-3H3/b10-7+,17-14+,19-16+,24-21+,26-23+,27-25+,32-29+,40-37+/t53-/m1/s1. The molecular formula is C56H92O6. The van der Waals surface area contributed by atoms with Gasteiger partial charge in [-0.15, -0.1) is 0 Å². The molecule has 352 valence electrons. The summed E-state index contributed by atoms with van der Waals surface area (Å²) in [5.41, 5.74) is 0. The van der Waals surface area contributed by atoms with Crippen LogP contribution in [0, 0.1) is 0 Å². The Morgan fingerprint density at radius 3 is 1.11 bits per heavy atom. The quantitative estimate of drug-likeness (QED) is 0.0263. The summed E-state index contributed by atoms with van der Waals surface area (Å²) in [5.74, 6) is -0.994. The van der Waals surface area contributed by atoms with Gasteiger partial charge in [0, 0.05) is 19.3 Å². The topological polar surface area (TPSA) is 78.9 Å². The molecule has 0 bridgehead atoms. The molecule has 0 aromatic heterocycles. The second kappa shape index (κ2) is 50.0. The van der Waals surface area contributed by atoms with Crippen LogP contribution in [-0.4, -0.2) is 37.2 Å². The first-order valence-corrected chi connectivity index (χ1v) is 25.2. The van der Waals surface area contributed by atoms with Crippen molar-refractivity contribution in [3.05, 3.63) is 97.2 Å². The molecule has 0 rings (SSSR count). The van der Waals surface area contributed by atoms with Crippen LogP contribution in [0.2, 0.25) is 0 Å². The van der Waals surface area contributed by atoms with Crippen LogP contribution in [0.4, 0.5) is 0 Å². The van der Waals surface area contributed by atoms with Crippen LogP contribution in [0.25, 0.3) is 0 Å². The minimum Gasteiger partial charge on any atom is -0.462 e. The van der Waals surface area contributed by atoms with Gasteiger partial charge in [0.25, 0.3) is 0 Å². The maximum Gasteiger partial charge on any atom is 0.306 e. The number of hydrogen-bond donors (Lipinski definition) is 0. The average Bonchev–Trinajstić information content (AvgIpc) is 3.27. The van der Waals surface area contributed by atoms with E-state index in [0.29, 0.717) is 19.3 Å². The third kappa shape index (κ3) is 47.4. The number of carbonyl (C=O) groups excluding carboxylic acids is 3. The molecule has 0 fully saturated rings. The number of ether oxygens (including phenoxy) is 3. The minimum absolute atomic E-state index is 0.106. The van der Waals surface area contributed by atoms with Crippen LogP contribution >= 0.6 is 0 Å². The highest BCUT2D eigenvalue weighted by atomic mass is 16.6. The Bertz CT molecular complexity index is 1260. The minimum atomic E-state index is -0.811. The van der Waals surface area contributed by atoms with E-state index in [2.05, 4.69) is 118 Å². The maximum atomic E-state index is 12.8. The Morgan fingerprint density at radius 1 is 0.339 bits per heavy atom. The van der Waals surface area contributed by atoms with Crippen molar-refractivity contribution in [2.75, 3.05) is 13.2 Å². The second-order valence-corrected chi connectivity index (χ2v) is 16.3. The smallest absolute Gasteiger partial charge is 0.306 e. The Morgan fingerprint density at radius 2 is 0.661 bits per heavy atom. The fourth-order valence-corrected chi connectivity index (χ4v) is 6.49. The number of esters is 3. The highest BCUT2D eigenvalue weighted by Gasteiger charge is 2.19. The van der Waals surface area contributed by atoms with Crippen LogP contribution in [0.5, 0.6) is 0 Å². The summed E-state index contributed by atoms with van der Waals surface area (Å²) in [4.78, 5) is 37.9. The molecule has 62 heavy (non-hydrogen) atoms. The Labute approximate surface area is 381 Å². The van der Waals surface area contributed by atoms with Crippen molar-refractivity contribution in [1.82, 2.24) is 0 Å². The summed E-state index contributed by atoms with van der Waals surface area (Å²) < 4.78 is 16.7. The van der Waals surface area contributed by atoms with Gasteiger partial charge in [0.15, 0.2) is 6.10 Å². The number of hydrogen-bond acceptors (Lipinski definition) is 6. The van der Waals surface area contributed by atoms with Crippen molar-refractivity contribution < 1.29 is 28.6 Å². The molecule has 0 radical (unpaired) electrons. The van der Waals surface area contributed by atoms with E-state index >= 15 is 0 Å². The van der Waals surface area contributed by atoms with Gasteiger partial charge in [-0.05, 0) is 109 Å². The van der Waals surface area contributed by atoms with Crippen LogP contribution in [0.3, 0.4) is 0 Å². The number of unbranched alkanes of at least 4 members (excludes halogenated alkanes) is 17. The van der Waals surface area contributed by atoms with Crippen molar-refractivity contribution in [3.63, 3.8) is 0 Å². The highest BCUT2D eigenvalue weighted by Crippen LogP contribution is 2.12. The predicted octanol–water partition coefficient (Wildman–Crippen LogP) is 16.6. The first kappa shape index (κ1) is 58.3. The molecule has 6 nitrogen and oxygen atoms in total. The molecule has 6 heteroatoms. The zero-order chi connectivity index (χ0) is 45.1. The monoisotopic (exact) mass is 861 g/mol. The molecule has 0 saturated heterocycles. The molecule has 0 N–H and O–H groups in total. The SMILES string of the molecule is CC/C=C/C/C=C/C/C=C/C/C=C/C/C=C/CCCC(=O)OC[C@@H](COC(=O)CCCCCCC/C=C/CCCCCC)OC(=O)CCCCCCC/C=C/C/C=C/CCCC. The fourth-order valence-electron chi connectivity index (χ4n) is 6.49. The van der Waals surface area contributed by atoms with Gasteiger partial charge >= 0.3 is 17.9 Å². The van der Waals surface area contributed by atoms with Crippen molar-refractivity contribution in [2.45, 2.75) is 226 Å². The van der Waals surface area contributed by atoms with Gasteiger partial charge < -0.3 is 14.2 Å². The molecule has 0 spiro atoms. The maximum absolute atomic E-state index is 12.8. The lowest BCUT2D eigenvalue weighted by molar-refractivity contribution is -0.167. The van der Waals surface area contributed by atoms with Gasteiger partial charge in [0.1, 0.15) is 13.2 Å². The molecule has 1 atom stereocenters. The zero-order valence-electron chi connectivity index (χ0n) is 40.1. The largest absolute Gasteiger partial charge is 0.462 e. The molecule has 0 aliphatic heterocycles. The lowest BCUT2D eigenvalue weighted by atomic mass is 10.1. The van der Waals surface area contributed by atoms with Crippen LogP contribution in [0.1, 0.15) is 220 Å². The van der Waals surface area contributed by atoms with Gasteiger partial charge in [-0.1, -0.05) is 189 Å². The van der Waals surface area contributed by atoms with E-state index in [4.69, 9.17) is 14.2 Å². The Hall–Kier alpha value is -3.67. The third-order valence-electron chi connectivity index (χ3n) is 10.3. The van der Waals surface area contributed by atoms with Crippen molar-refractivity contribution in [1.29, 1.82) is 0 Å². The molecule has 0 aromatic carbocycles.